The number of hydrogen-bond donors (Lipinski definition) is 1. The zero-order chi connectivity index (χ0) is 26.3. The summed E-state index contributed by atoms with van der Waals surface area (Å²) in [6, 6.07) is 0. The van der Waals surface area contributed by atoms with E-state index >= 15 is 0 Å². The molecule has 0 radical (unpaired) electrons. The van der Waals surface area contributed by atoms with E-state index in [-0.39, 0.29) is 12.0 Å². The lowest BCUT2D eigenvalue weighted by molar-refractivity contribution is 0.0526. The fraction of sp³-hybridized carbons (Fsp3) is 0.731. The Balaban J connectivity index is 1.77. The van der Waals surface area contributed by atoms with Crippen molar-refractivity contribution in [2.75, 3.05) is 50.9 Å². The molecule has 2 aromatic rings. The Morgan fingerprint density at radius 1 is 1.33 bits per heavy atom. The average Bonchev–Trinajstić information content (AvgIpc) is 3.40. The van der Waals surface area contributed by atoms with Gasteiger partial charge in [0.05, 0.1) is 26.0 Å². The number of fused-ring (bicyclic) bond motifs is 1. The quantitative estimate of drug-likeness (QED) is 0.403. The summed E-state index contributed by atoms with van der Waals surface area (Å²) in [5.74, 6) is 1.75. The standard InChI is InChI=1S/C26H44N4O5S/c1-8-19(9-11-27-25(31)35-26(2,3)4)21-16-30(18-33-13-14-36(5,6)7)24-23(21)29-22(15-28-24)34-20-10-12-32-17-20/h15-16,19-20H,8-14,17-18H2,1-7H3,(H,27,31)/t19?,20-/m1/s1. The number of nitrogens with zero attached hydrogens (tertiary/aromatic N) is 3. The van der Waals surface area contributed by atoms with Crippen LogP contribution in [0.5, 0.6) is 5.88 Å². The molecule has 0 aliphatic carbocycles. The zero-order valence-electron chi connectivity index (χ0n) is 23.0. The number of rotatable bonds is 12. The Morgan fingerprint density at radius 2 is 2.11 bits per heavy atom. The number of ether oxygens (including phenoxy) is 4. The first-order valence-corrected chi connectivity index (χ1v) is 15.8. The van der Waals surface area contributed by atoms with Crippen LogP contribution < -0.4 is 10.1 Å². The van der Waals surface area contributed by atoms with E-state index in [2.05, 4.69) is 37.2 Å². The van der Waals surface area contributed by atoms with Crippen molar-refractivity contribution >= 4 is 27.3 Å². The van der Waals surface area contributed by atoms with Crippen molar-refractivity contribution in [1.29, 1.82) is 0 Å². The number of alkyl carbamates (subject to hydrolysis) is 1. The van der Waals surface area contributed by atoms with Gasteiger partial charge in [-0.3, -0.25) is 0 Å². The van der Waals surface area contributed by atoms with Crippen LogP contribution in [0.2, 0.25) is 0 Å². The molecule has 36 heavy (non-hydrogen) atoms. The summed E-state index contributed by atoms with van der Waals surface area (Å²) in [5.41, 5.74) is 2.17. The summed E-state index contributed by atoms with van der Waals surface area (Å²) in [6.45, 7) is 10.6. The summed E-state index contributed by atoms with van der Waals surface area (Å²) in [7, 11) is -0.613. The van der Waals surface area contributed by atoms with Crippen molar-refractivity contribution in [2.24, 2.45) is 0 Å². The molecular formula is C26H44N4O5S. The topological polar surface area (TPSA) is 96.7 Å². The highest BCUT2D eigenvalue weighted by molar-refractivity contribution is 8.32. The Morgan fingerprint density at radius 3 is 2.75 bits per heavy atom. The van der Waals surface area contributed by atoms with Crippen LogP contribution >= 0.6 is 10.0 Å². The third kappa shape index (κ3) is 8.81. The van der Waals surface area contributed by atoms with Gasteiger partial charge in [-0.25, -0.2) is 24.8 Å². The SMILES string of the molecule is CCC(CCNC(=O)OC(C)(C)C)c1cn(COCCS(C)(C)C)c2ncc(O[C@@H]3CCOC3)nc12. The molecular weight excluding hydrogens is 480 g/mol. The lowest BCUT2D eigenvalue weighted by atomic mass is 9.95. The van der Waals surface area contributed by atoms with Gasteiger partial charge in [0.1, 0.15) is 24.0 Å². The van der Waals surface area contributed by atoms with E-state index in [0.29, 0.717) is 39.0 Å². The van der Waals surface area contributed by atoms with E-state index in [1.54, 1.807) is 6.20 Å². The summed E-state index contributed by atoms with van der Waals surface area (Å²) >= 11 is 0. The lowest BCUT2D eigenvalue weighted by Crippen LogP contribution is -2.33. The van der Waals surface area contributed by atoms with Crippen LogP contribution in [0.3, 0.4) is 0 Å². The maximum atomic E-state index is 12.1. The van der Waals surface area contributed by atoms with Crippen molar-refractivity contribution in [2.45, 2.75) is 71.3 Å². The molecule has 2 atom stereocenters. The molecule has 1 aliphatic rings. The summed E-state index contributed by atoms with van der Waals surface area (Å²) in [4.78, 5) is 21.7. The maximum Gasteiger partial charge on any atom is 0.407 e. The number of carbonyl (C=O) groups excluding carboxylic acids is 1. The van der Waals surface area contributed by atoms with Crippen LogP contribution in [0, 0.1) is 0 Å². The fourth-order valence-electron chi connectivity index (χ4n) is 4.01. The largest absolute Gasteiger partial charge is 0.471 e. The number of hydrogen-bond acceptors (Lipinski definition) is 7. The Hall–Kier alpha value is -2.04. The molecule has 2 aromatic heterocycles. The number of carbonyl (C=O) groups is 1. The van der Waals surface area contributed by atoms with E-state index in [4.69, 9.17) is 28.9 Å². The molecule has 204 valence electrons. The summed E-state index contributed by atoms with van der Waals surface area (Å²) in [6.07, 6.45) is 12.8. The zero-order valence-corrected chi connectivity index (χ0v) is 23.8. The molecule has 0 bridgehead atoms. The smallest absolute Gasteiger partial charge is 0.407 e. The third-order valence-electron chi connectivity index (χ3n) is 5.91. The van der Waals surface area contributed by atoms with Crippen molar-refractivity contribution in [1.82, 2.24) is 19.9 Å². The normalized spacial score (nSPS) is 17.8. The highest BCUT2D eigenvalue weighted by Gasteiger charge is 2.23. The lowest BCUT2D eigenvalue weighted by Gasteiger charge is -2.24. The molecule has 1 fully saturated rings. The van der Waals surface area contributed by atoms with Crippen LogP contribution in [0.15, 0.2) is 12.4 Å². The van der Waals surface area contributed by atoms with Gasteiger partial charge in [0.2, 0.25) is 5.88 Å². The minimum atomic E-state index is -0.613. The molecule has 1 unspecified atom stereocenters. The van der Waals surface area contributed by atoms with E-state index in [1.807, 2.05) is 25.3 Å². The van der Waals surface area contributed by atoms with Gasteiger partial charge in [-0.2, -0.15) is 0 Å². The molecule has 1 saturated heterocycles. The molecule has 10 heteroatoms. The predicted molar refractivity (Wildman–Crippen MR) is 145 cm³/mol. The predicted octanol–water partition coefficient (Wildman–Crippen LogP) is 4.68. The van der Waals surface area contributed by atoms with Gasteiger partial charge < -0.3 is 28.8 Å². The number of aromatic nitrogens is 3. The van der Waals surface area contributed by atoms with E-state index in [9.17, 15) is 4.79 Å². The molecule has 3 heterocycles. The molecule has 0 spiro atoms. The highest BCUT2D eigenvalue weighted by Crippen LogP contribution is 2.34. The van der Waals surface area contributed by atoms with Crippen LogP contribution in [0.25, 0.3) is 11.2 Å². The Labute approximate surface area is 216 Å². The van der Waals surface area contributed by atoms with Crippen LogP contribution in [0.4, 0.5) is 4.79 Å². The van der Waals surface area contributed by atoms with Gasteiger partial charge in [-0.15, -0.1) is 0 Å². The second kappa shape index (κ2) is 12.5. The van der Waals surface area contributed by atoms with Gasteiger partial charge in [0.15, 0.2) is 5.65 Å². The fourth-order valence-corrected chi connectivity index (χ4v) is 4.62. The molecule has 9 nitrogen and oxygen atoms in total. The molecule has 0 saturated carbocycles. The van der Waals surface area contributed by atoms with Crippen LogP contribution in [0.1, 0.15) is 58.4 Å². The van der Waals surface area contributed by atoms with Crippen LogP contribution in [-0.4, -0.2) is 83.2 Å². The van der Waals surface area contributed by atoms with Gasteiger partial charge in [-0.05, 0) is 58.3 Å². The van der Waals surface area contributed by atoms with Crippen molar-refractivity contribution < 1.29 is 23.7 Å². The third-order valence-corrected chi connectivity index (χ3v) is 7.30. The van der Waals surface area contributed by atoms with E-state index in [0.717, 1.165) is 41.7 Å². The first-order chi connectivity index (χ1) is 16.9. The van der Waals surface area contributed by atoms with Crippen LogP contribution in [-0.2, 0) is 20.9 Å². The molecule has 1 aliphatic heterocycles. The minimum Gasteiger partial charge on any atom is -0.471 e. The van der Waals surface area contributed by atoms with E-state index in [1.165, 1.54) is 0 Å². The van der Waals surface area contributed by atoms with Crippen molar-refractivity contribution in [3.05, 3.63) is 18.0 Å². The second-order valence-electron chi connectivity index (χ2n) is 11.2. The van der Waals surface area contributed by atoms with E-state index < -0.39 is 21.7 Å². The molecule has 1 amide bonds. The Bertz CT molecular complexity index is 993. The van der Waals surface area contributed by atoms with Crippen molar-refractivity contribution in [3.63, 3.8) is 0 Å². The Kier molecular flexibility index (Phi) is 9.88. The monoisotopic (exact) mass is 524 g/mol. The van der Waals surface area contributed by atoms with Gasteiger partial charge in [-0.1, -0.05) is 6.92 Å². The van der Waals surface area contributed by atoms with Crippen molar-refractivity contribution in [3.8, 4) is 5.88 Å². The van der Waals surface area contributed by atoms with Gasteiger partial charge >= 0.3 is 6.09 Å². The number of nitrogens with one attached hydrogen (secondary N) is 1. The summed E-state index contributed by atoms with van der Waals surface area (Å²) in [5, 5.41) is 2.88. The second-order valence-corrected chi connectivity index (χ2v) is 15.8. The first-order valence-electron chi connectivity index (χ1n) is 12.8. The molecule has 0 aromatic carbocycles. The molecule has 3 rings (SSSR count). The number of amides is 1. The average molecular weight is 525 g/mol. The maximum absolute atomic E-state index is 12.1. The van der Waals surface area contributed by atoms with Gasteiger partial charge in [0, 0.05) is 30.5 Å². The first kappa shape index (κ1) is 28.5. The minimum absolute atomic E-state index is 0.00511. The molecule has 1 N–H and O–H groups in total. The highest BCUT2D eigenvalue weighted by atomic mass is 32.3. The van der Waals surface area contributed by atoms with Gasteiger partial charge in [0.25, 0.3) is 0 Å². The summed E-state index contributed by atoms with van der Waals surface area (Å²) < 4.78 is 24.9.